The van der Waals surface area contributed by atoms with Crippen molar-refractivity contribution < 1.29 is 4.74 Å². The molecule has 0 saturated heterocycles. The summed E-state index contributed by atoms with van der Waals surface area (Å²) in [5, 5.41) is 4.52. The highest BCUT2D eigenvalue weighted by atomic mass is 35.5. The van der Waals surface area contributed by atoms with E-state index in [1.54, 1.807) is 10.9 Å². The Labute approximate surface area is 81.6 Å². The summed E-state index contributed by atoms with van der Waals surface area (Å²) >= 11 is 5.73. The summed E-state index contributed by atoms with van der Waals surface area (Å²) in [4.78, 5) is 0. The van der Waals surface area contributed by atoms with E-state index in [0.717, 1.165) is 0 Å². The quantitative estimate of drug-likeness (QED) is 0.799. The van der Waals surface area contributed by atoms with Crippen molar-refractivity contribution in [3.8, 4) is 0 Å². The number of rotatable bonds is 4. The van der Waals surface area contributed by atoms with E-state index in [2.05, 4.69) is 5.10 Å². The van der Waals surface area contributed by atoms with Gasteiger partial charge in [-0.25, -0.2) is 0 Å². The van der Waals surface area contributed by atoms with Crippen LogP contribution in [0.3, 0.4) is 0 Å². The zero-order valence-corrected chi connectivity index (χ0v) is 8.00. The molecule has 1 fully saturated rings. The Morgan fingerprint density at radius 1 is 1.69 bits per heavy atom. The lowest BCUT2D eigenvalue weighted by Gasteiger charge is -2.01. The molecule has 0 aliphatic heterocycles. The number of hydrogen-bond acceptors (Lipinski definition) is 3. The molecule has 5 heteroatoms. The molecule has 4 nitrogen and oxygen atoms in total. The fourth-order valence-electron chi connectivity index (χ4n) is 1.07. The minimum absolute atomic E-state index is 0.382. The molecule has 0 radical (unpaired) electrons. The van der Waals surface area contributed by atoms with Crippen LogP contribution in [0, 0.1) is 0 Å². The van der Waals surface area contributed by atoms with Crippen molar-refractivity contribution >= 4 is 17.4 Å². The summed E-state index contributed by atoms with van der Waals surface area (Å²) in [7, 11) is 0. The van der Waals surface area contributed by atoms with Crippen molar-refractivity contribution in [1.82, 2.24) is 9.78 Å². The fraction of sp³-hybridized carbons (Fsp3) is 0.625. The van der Waals surface area contributed by atoms with Gasteiger partial charge in [-0.15, -0.1) is 0 Å². The van der Waals surface area contributed by atoms with Gasteiger partial charge in [-0.05, 0) is 12.8 Å². The van der Waals surface area contributed by atoms with E-state index >= 15 is 0 Å². The third kappa shape index (κ3) is 2.35. The average molecular weight is 202 g/mol. The molecular weight excluding hydrogens is 190 g/mol. The van der Waals surface area contributed by atoms with Crippen LogP contribution in [0.4, 0.5) is 5.82 Å². The van der Waals surface area contributed by atoms with E-state index in [1.807, 2.05) is 0 Å². The molecule has 0 spiro atoms. The van der Waals surface area contributed by atoms with Crippen molar-refractivity contribution in [2.24, 2.45) is 0 Å². The third-order valence-corrected chi connectivity index (χ3v) is 2.23. The van der Waals surface area contributed by atoms with Crippen LogP contribution in [0.15, 0.2) is 6.20 Å². The van der Waals surface area contributed by atoms with Crippen LogP contribution in [-0.2, 0) is 11.3 Å². The van der Waals surface area contributed by atoms with Gasteiger partial charge in [0.05, 0.1) is 19.3 Å². The molecule has 0 unspecified atom stereocenters. The van der Waals surface area contributed by atoms with E-state index in [1.165, 1.54) is 12.8 Å². The Morgan fingerprint density at radius 2 is 2.46 bits per heavy atom. The minimum Gasteiger partial charge on any atom is -0.381 e. The van der Waals surface area contributed by atoms with Gasteiger partial charge in [0, 0.05) is 6.20 Å². The molecule has 1 aliphatic carbocycles. The lowest BCUT2D eigenvalue weighted by Crippen LogP contribution is -2.07. The second-order valence-corrected chi connectivity index (χ2v) is 3.60. The van der Waals surface area contributed by atoms with Gasteiger partial charge in [-0.2, -0.15) is 5.10 Å². The zero-order valence-electron chi connectivity index (χ0n) is 7.24. The summed E-state index contributed by atoms with van der Waals surface area (Å²) in [6, 6.07) is 0. The molecule has 0 amide bonds. The van der Waals surface area contributed by atoms with E-state index in [9.17, 15) is 0 Å². The van der Waals surface area contributed by atoms with Crippen LogP contribution in [0.1, 0.15) is 12.8 Å². The maximum Gasteiger partial charge on any atom is 0.164 e. The van der Waals surface area contributed by atoms with Crippen LogP contribution in [-0.4, -0.2) is 22.5 Å². The van der Waals surface area contributed by atoms with E-state index < -0.39 is 0 Å². The van der Waals surface area contributed by atoms with Gasteiger partial charge in [0.15, 0.2) is 5.82 Å². The summed E-state index contributed by atoms with van der Waals surface area (Å²) in [6.07, 6.45) is 4.60. The zero-order chi connectivity index (χ0) is 9.26. The first-order valence-electron chi connectivity index (χ1n) is 4.36. The Hall–Kier alpha value is -0.740. The third-order valence-electron chi connectivity index (χ3n) is 1.94. The number of halogens is 1. The number of nitrogen functional groups attached to an aromatic ring is 1. The van der Waals surface area contributed by atoms with E-state index in [0.29, 0.717) is 30.1 Å². The Bertz CT molecular complexity index is 276. The monoisotopic (exact) mass is 201 g/mol. The van der Waals surface area contributed by atoms with Gasteiger partial charge in [0.25, 0.3) is 0 Å². The molecule has 1 aliphatic rings. The molecule has 2 rings (SSSR count). The molecular formula is C8H12ClN3O. The van der Waals surface area contributed by atoms with Crippen molar-refractivity contribution in [3.05, 3.63) is 11.2 Å². The maximum absolute atomic E-state index is 5.73. The Morgan fingerprint density at radius 3 is 3.00 bits per heavy atom. The molecule has 1 aromatic rings. The maximum atomic E-state index is 5.73. The average Bonchev–Trinajstić information content (AvgIpc) is 2.82. The lowest BCUT2D eigenvalue weighted by molar-refractivity contribution is 0.110. The SMILES string of the molecule is Nc1nn(CCOC2CC2)cc1Cl. The van der Waals surface area contributed by atoms with Crippen molar-refractivity contribution in [2.75, 3.05) is 12.3 Å². The molecule has 72 valence electrons. The molecule has 1 saturated carbocycles. The predicted molar refractivity (Wildman–Crippen MR) is 50.6 cm³/mol. The molecule has 0 atom stereocenters. The van der Waals surface area contributed by atoms with Crippen LogP contribution >= 0.6 is 11.6 Å². The summed E-state index contributed by atoms with van der Waals surface area (Å²) < 4.78 is 7.17. The number of ether oxygens (including phenoxy) is 1. The van der Waals surface area contributed by atoms with Crippen LogP contribution < -0.4 is 5.73 Å². The first-order chi connectivity index (χ1) is 6.25. The van der Waals surface area contributed by atoms with Crippen molar-refractivity contribution in [1.29, 1.82) is 0 Å². The normalized spacial score (nSPS) is 16.4. The van der Waals surface area contributed by atoms with Gasteiger partial charge in [0.2, 0.25) is 0 Å². The standard InChI is InChI=1S/C8H12ClN3O/c9-7-5-12(11-8(7)10)3-4-13-6-1-2-6/h5-6H,1-4H2,(H2,10,11). The molecule has 1 aromatic heterocycles. The minimum atomic E-state index is 0.382. The van der Waals surface area contributed by atoms with Crippen molar-refractivity contribution in [3.63, 3.8) is 0 Å². The highest BCUT2D eigenvalue weighted by Gasteiger charge is 2.21. The molecule has 2 N–H and O–H groups in total. The number of nitrogens with zero attached hydrogens (tertiary/aromatic N) is 2. The van der Waals surface area contributed by atoms with Gasteiger partial charge in [-0.3, -0.25) is 4.68 Å². The van der Waals surface area contributed by atoms with Crippen LogP contribution in [0.25, 0.3) is 0 Å². The van der Waals surface area contributed by atoms with E-state index in [-0.39, 0.29) is 0 Å². The van der Waals surface area contributed by atoms with Gasteiger partial charge in [-0.1, -0.05) is 11.6 Å². The number of hydrogen-bond donors (Lipinski definition) is 1. The number of anilines is 1. The predicted octanol–water partition coefficient (Wildman–Crippen LogP) is 1.30. The van der Waals surface area contributed by atoms with Gasteiger partial charge >= 0.3 is 0 Å². The Balaban J connectivity index is 1.79. The van der Waals surface area contributed by atoms with Gasteiger partial charge in [0.1, 0.15) is 5.02 Å². The second-order valence-electron chi connectivity index (χ2n) is 3.20. The fourth-order valence-corrected chi connectivity index (χ4v) is 1.22. The smallest absolute Gasteiger partial charge is 0.164 e. The summed E-state index contributed by atoms with van der Waals surface area (Å²) in [6.45, 7) is 1.40. The first kappa shape index (κ1) is 8.84. The lowest BCUT2D eigenvalue weighted by atomic mass is 10.6. The van der Waals surface area contributed by atoms with E-state index in [4.69, 9.17) is 22.1 Å². The number of nitrogens with two attached hydrogens (primary N) is 1. The highest BCUT2D eigenvalue weighted by molar-refractivity contribution is 6.32. The molecule has 13 heavy (non-hydrogen) atoms. The second kappa shape index (κ2) is 3.55. The number of aromatic nitrogens is 2. The molecule has 0 aromatic carbocycles. The summed E-state index contributed by atoms with van der Waals surface area (Å²) in [5.74, 6) is 0.382. The van der Waals surface area contributed by atoms with Crippen LogP contribution in [0.2, 0.25) is 5.02 Å². The first-order valence-corrected chi connectivity index (χ1v) is 4.73. The largest absolute Gasteiger partial charge is 0.381 e. The highest BCUT2D eigenvalue weighted by Crippen LogP contribution is 2.23. The molecule has 1 heterocycles. The summed E-state index contributed by atoms with van der Waals surface area (Å²) in [5.41, 5.74) is 5.48. The topological polar surface area (TPSA) is 53.1 Å². The Kier molecular flexibility index (Phi) is 2.42. The van der Waals surface area contributed by atoms with Gasteiger partial charge < -0.3 is 10.5 Å². The van der Waals surface area contributed by atoms with Crippen molar-refractivity contribution in [2.45, 2.75) is 25.5 Å². The molecule has 0 bridgehead atoms. The van der Waals surface area contributed by atoms with Crippen LogP contribution in [0.5, 0.6) is 0 Å².